The van der Waals surface area contributed by atoms with Gasteiger partial charge in [0.25, 0.3) is 0 Å². The summed E-state index contributed by atoms with van der Waals surface area (Å²) in [6.07, 6.45) is 1.62. The van der Waals surface area contributed by atoms with Gasteiger partial charge in [-0.1, -0.05) is 43.7 Å². The van der Waals surface area contributed by atoms with Gasteiger partial charge in [-0.15, -0.1) is 0 Å². The van der Waals surface area contributed by atoms with Crippen molar-refractivity contribution in [2.75, 3.05) is 0 Å². The Labute approximate surface area is 108 Å². The highest BCUT2D eigenvalue weighted by atomic mass is 15.3. The summed E-state index contributed by atoms with van der Waals surface area (Å²) in [6.45, 7) is 7.88. The SMILES string of the molecule is Cc1cccc(Cn2ncnc2CNC(C)C)c1. The van der Waals surface area contributed by atoms with Crippen molar-refractivity contribution in [2.24, 2.45) is 0 Å². The number of benzene rings is 1. The molecule has 2 aromatic rings. The second-order valence-corrected chi connectivity index (χ2v) is 4.86. The van der Waals surface area contributed by atoms with Crippen molar-refractivity contribution in [3.8, 4) is 0 Å². The fraction of sp³-hybridized carbons (Fsp3) is 0.429. The molecule has 0 saturated carbocycles. The van der Waals surface area contributed by atoms with Crippen LogP contribution in [0.15, 0.2) is 30.6 Å². The summed E-state index contributed by atoms with van der Waals surface area (Å²) in [4.78, 5) is 4.30. The highest BCUT2D eigenvalue weighted by molar-refractivity contribution is 5.22. The Morgan fingerprint density at radius 2 is 2.17 bits per heavy atom. The molecule has 96 valence electrons. The summed E-state index contributed by atoms with van der Waals surface area (Å²) in [6, 6.07) is 8.93. The molecule has 1 N–H and O–H groups in total. The Bertz CT molecular complexity index is 502. The third-order valence-corrected chi connectivity index (χ3v) is 2.78. The third kappa shape index (κ3) is 3.40. The molecule has 4 nitrogen and oxygen atoms in total. The minimum Gasteiger partial charge on any atom is -0.308 e. The van der Waals surface area contributed by atoms with Crippen LogP contribution < -0.4 is 5.32 Å². The lowest BCUT2D eigenvalue weighted by Gasteiger charge is -2.09. The molecule has 2 rings (SSSR count). The van der Waals surface area contributed by atoms with Crippen LogP contribution in [0.1, 0.15) is 30.8 Å². The molecule has 0 unspecified atom stereocenters. The van der Waals surface area contributed by atoms with Gasteiger partial charge in [-0.3, -0.25) is 0 Å². The maximum Gasteiger partial charge on any atom is 0.141 e. The molecule has 0 aliphatic heterocycles. The molecule has 0 radical (unpaired) electrons. The number of nitrogens with one attached hydrogen (secondary N) is 1. The molecule has 1 aromatic heterocycles. The largest absolute Gasteiger partial charge is 0.308 e. The molecule has 18 heavy (non-hydrogen) atoms. The molecular weight excluding hydrogens is 224 g/mol. The summed E-state index contributed by atoms with van der Waals surface area (Å²) >= 11 is 0. The fourth-order valence-electron chi connectivity index (χ4n) is 1.84. The highest BCUT2D eigenvalue weighted by Gasteiger charge is 2.05. The first kappa shape index (κ1) is 12.8. The van der Waals surface area contributed by atoms with Crippen molar-refractivity contribution >= 4 is 0 Å². The van der Waals surface area contributed by atoms with Gasteiger partial charge in [0, 0.05) is 6.04 Å². The lowest BCUT2D eigenvalue weighted by Crippen LogP contribution is -2.24. The summed E-state index contributed by atoms with van der Waals surface area (Å²) in [5.41, 5.74) is 2.53. The van der Waals surface area contributed by atoms with Crippen molar-refractivity contribution < 1.29 is 0 Å². The zero-order chi connectivity index (χ0) is 13.0. The average Bonchev–Trinajstić information content (AvgIpc) is 2.74. The Hall–Kier alpha value is -1.68. The molecule has 0 fully saturated rings. The van der Waals surface area contributed by atoms with E-state index >= 15 is 0 Å². The summed E-state index contributed by atoms with van der Waals surface area (Å²) in [5, 5.41) is 7.65. The summed E-state index contributed by atoms with van der Waals surface area (Å²) < 4.78 is 1.95. The van der Waals surface area contributed by atoms with Crippen molar-refractivity contribution in [1.82, 2.24) is 20.1 Å². The molecule has 0 amide bonds. The lowest BCUT2D eigenvalue weighted by atomic mass is 10.1. The molecule has 0 spiro atoms. The van der Waals surface area contributed by atoms with Crippen LogP contribution in [0.4, 0.5) is 0 Å². The number of hydrogen-bond acceptors (Lipinski definition) is 3. The van der Waals surface area contributed by atoms with Crippen molar-refractivity contribution in [3.63, 3.8) is 0 Å². The Morgan fingerprint density at radius 3 is 2.89 bits per heavy atom. The van der Waals surface area contributed by atoms with Gasteiger partial charge >= 0.3 is 0 Å². The van der Waals surface area contributed by atoms with E-state index in [4.69, 9.17) is 0 Å². The van der Waals surface area contributed by atoms with E-state index in [2.05, 4.69) is 60.4 Å². The van der Waals surface area contributed by atoms with E-state index < -0.39 is 0 Å². The zero-order valence-corrected chi connectivity index (χ0v) is 11.2. The van der Waals surface area contributed by atoms with Gasteiger partial charge in [0.2, 0.25) is 0 Å². The van der Waals surface area contributed by atoms with Crippen molar-refractivity contribution in [1.29, 1.82) is 0 Å². The molecule has 4 heteroatoms. The Kier molecular flexibility index (Phi) is 4.10. The molecule has 1 aromatic carbocycles. The molecular formula is C14H20N4. The van der Waals surface area contributed by atoms with Crippen molar-refractivity contribution in [2.45, 2.75) is 39.9 Å². The lowest BCUT2D eigenvalue weighted by molar-refractivity contribution is 0.539. The van der Waals surface area contributed by atoms with E-state index in [0.29, 0.717) is 6.04 Å². The van der Waals surface area contributed by atoms with Gasteiger partial charge in [0.05, 0.1) is 13.1 Å². The third-order valence-electron chi connectivity index (χ3n) is 2.78. The van der Waals surface area contributed by atoms with Crippen LogP contribution in [0.3, 0.4) is 0 Å². The van der Waals surface area contributed by atoms with E-state index in [9.17, 15) is 0 Å². The van der Waals surface area contributed by atoms with Crippen LogP contribution in [0, 0.1) is 6.92 Å². The second-order valence-electron chi connectivity index (χ2n) is 4.86. The van der Waals surface area contributed by atoms with E-state index in [1.165, 1.54) is 11.1 Å². The summed E-state index contributed by atoms with van der Waals surface area (Å²) in [7, 11) is 0. The van der Waals surface area contributed by atoms with Gasteiger partial charge < -0.3 is 5.32 Å². The van der Waals surface area contributed by atoms with Gasteiger partial charge in [-0.2, -0.15) is 5.10 Å². The van der Waals surface area contributed by atoms with Gasteiger partial charge in [-0.05, 0) is 12.5 Å². The van der Waals surface area contributed by atoms with E-state index in [1.54, 1.807) is 6.33 Å². The monoisotopic (exact) mass is 244 g/mol. The van der Waals surface area contributed by atoms with Crippen LogP contribution in [0.2, 0.25) is 0 Å². The van der Waals surface area contributed by atoms with Gasteiger partial charge in [0.1, 0.15) is 12.2 Å². The predicted molar refractivity (Wildman–Crippen MR) is 72.3 cm³/mol. The normalized spacial score (nSPS) is 11.1. The topological polar surface area (TPSA) is 42.7 Å². The van der Waals surface area contributed by atoms with Crippen LogP contribution in [0.5, 0.6) is 0 Å². The number of nitrogens with zero attached hydrogens (tertiary/aromatic N) is 3. The molecule has 1 heterocycles. The quantitative estimate of drug-likeness (QED) is 0.876. The van der Waals surface area contributed by atoms with E-state index in [-0.39, 0.29) is 0 Å². The molecule has 0 atom stereocenters. The van der Waals surface area contributed by atoms with Crippen LogP contribution >= 0.6 is 0 Å². The first-order valence-corrected chi connectivity index (χ1v) is 6.31. The van der Waals surface area contributed by atoms with Crippen LogP contribution in [0.25, 0.3) is 0 Å². The Balaban J connectivity index is 2.07. The number of aromatic nitrogens is 3. The van der Waals surface area contributed by atoms with E-state index in [1.807, 2.05) is 4.68 Å². The average molecular weight is 244 g/mol. The number of aryl methyl sites for hydroxylation is 1. The maximum atomic E-state index is 4.30. The highest BCUT2D eigenvalue weighted by Crippen LogP contribution is 2.07. The minimum atomic E-state index is 0.453. The standard InChI is InChI=1S/C14H20N4/c1-11(2)15-8-14-16-10-17-18(14)9-13-6-4-5-12(3)7-13/h4-7,10-11,15H,8-9H2,1-3H3. The van der Waals surface area contributed by atoms with E-state index in [0.717, 1.165) is 18.9 Å². The zero-order valence-electron chi connectivity index (χ0n) is 11.2. The molecule has 0 saturated heterocycles. The second kappa shape index (κ2) is 5.78. The fourth-order valence-corrected chi connectivity index (χ4v) is 1.84. The summed E-state index contributed by atoms with van der Waals surface area (Å²) in [5.74, 6) is 0.977. The first-order chi connectivity index (χ1) is 8.65. The minimum absolute atomic E-state index is 0.453. The maximum absolute atomic E-state index is 4.30. The van der Waals surface area contributed by atoms with Gasteiger partial charge in [0.15, 0.2) is 0 Å². The Morgan fingerprint density at radius 1 is 1.33 bits per heavy atom. The first-order valence-electron chi connectivity index (χ1n) is 6.31. The molecule has 0 bridgehead atoms. The molecule has 0 aliphatic rings. The van der Waals surface area contributed by atoms with Crippen LogP contribution in [-0.4, -0.2) is 20.8 Å². The number of rotatable bonds is 5. The van der Waals surface area contributed by atoms with Crippen molar-refractivity contribution in [3.05, 3.63) is 47.5 Å². The smallest absolute Gasteiger partial charge is 0.141 e. The molecule has 0 aliphatic carbocycles. The van der Waals surface area contributed by atoms with Gasteiger partial charge in [-0.25, -0.2) is 9.67 Å². The van der Waals surface area contributed by atoms with Crippen LogP contribution in [-0.2, 0) is 13.1 Å². The number of hydrogen-bond donors (Lipinski definition) is 1. The predicted octanol–water partition coefficient (Wildman–Crippen LogP) is 2.13.